The van der Waals surface area contributed by atoms with Crippen LogP contribution in [0.3, 0.4) is 0 Å². The van der Waals surface area contributed by atoms with Crippen molar-refractivity contribution in [3.8, 4) is 5.69 Å². The van der Waals surface area contributed by atoms with Crippen molar-refractivity contribution in [2.24, 2.45) is 0 Å². The zero-order valence-corrected chi connectivity index (χ0v) is 11.7. The van der Waals surface area contributed by atoms with E-state index in [0.29, 0.717) is 5.56 Å². The lowest BCUT2D eigenvalue weighted by Gasteiger charge is -2.07. The van der Waals surface area contributed by atoms with Gasteiger partial charge in [0.2, 0.25) is 9.05 Å². The van der Waals surface area contributed by atoms with Crippen LogP contribution in [0.1, 0.15) is 5.56 Å². The highest BCUT2D eigenvalue weighted by Gasteiger charge is 2.09. The average molecular weight is 336 g/mol. The van der Waals surface area contributed by atoms with Gasteiger partial charge < -0.3 is 4.57 Å². The first-order valence-corrected chi connectivity index (χ1v) is 7.92. The number of rotatable bonds is 3. The number of imidazole rings is 1. The van der Waals surface area contributed by atoms with Crippen molar-refractivity contribution < 1.29 is 8.42 Å². The summed E-state index contributed by atoms with van der Waals surface area (Å²) >= 11 is 3.39. The fraction of sp³-hybridized carbons (Fsp3) is 0.100. The molecule has 2 rings (SSSR count). The van der Waals surface area contributed by atoms with E-state index in [9.17, 15) is 8.42 Å². The standard InChI is InChI=1S/C10H8BrClN2O2S/c11-9-5-8(6-17(12,15)16)1-2-10(9)14-4-3-13-7-14/h1-5,7H,6H2. The third-order valence-corrected chi connectivity index (χ3v) is 3.77. The highest BCUT2D eigenvalue weighted by Crippen LogP contribution is 2.23. The molecule has 4 nitrogen and oxygen atoms in total. The molecule has 0 aliphatic heterocycles. The van der Waals surface area contributed by atoms with Crippen LogP contribution in [0.25, 0.3) is 5.69 Å². The molecule has 0 unspecified atom stereocenters. The second kappa shape index (κ2) is 4.80. The van der Waals surface area contributed by atoms with E-state index in [1.165, 1.54) is 0 Å². The summed E-state index contributed by atoms with van der Waals surface area (Å²) in [6.45, 7) is 0. The lowest BCUT2D eigenvalue weighted by molar-refractivity contribution is 0.609. The van der Waals surface area contributed by atoms with Crippen LogP contribution >= 0.6 is 26.6 Å². The summed E-state index contributed by atoms with van der Waals surface area (Å²) in [5.74, 6) is -0.183. The molecular weight excluding hydrogens is 328 g/mol. The lowest BCUT2D eigenvalue weighted by atomic mass is 10.2. The Morgan fingerprint density at radius 2 is 2.18 bits per heavy atom. The van der Waals surface area contributed by atoms with Crippen molar-refractivity contribution in [3.05, 3.63) is 47.0 Å². The molecule has 0 saturated carbocycles. The third kappa shape index (κ3) is 3.31. The van der Waals surface area contributed by atoms with Gasteiger partial charge in [-0.25, -0.2) is 13.4 Å². The molecule has 1 aromatic heterocycles. The van der Waals surface area contributed by atoms with Gasteiger partial charge in [0.15, 0.2) is 0 Å². The van der Waals surface area contributed by atoms with E-state index < -0.39 is 9.05 Å². The minimum Gasteiger partial charge on any atom is -0.305 e. The van der Waals surface area contributed by atoms with Crippen LogP contribution in [0.4, 0.5) is 0 Å². The first-order valence-electron chi connectivity index (χ1n) is 4.65. The molecular formula is C10H8BrClN2O2S. The molecule has 0 aliphatic carbocycles. The molecule has 1 heterocycles. The van der Waals surface area contributed by atoms with Gasteiger partial charge in [0, 0.05) is 27.5 Å². The summed E-state index contributed by atoms with van der Waals surface area (Å²) in [7, 11) is 1.67. The predicted octanol–water partition coefficient (Wildman–Crippen LogP) is 2.70. The summed E-state index contributed by atoms with van der Waals surface area (Å²) in [6, 6.07) is 5.26. The van der Waals surface area contributed by atoms with Gasteiger partial charge in [-0.15, -0.1) is 0 Å². The van der Waals surface area contributed by atoms with Gasteiger partial charge in [-0.3, -0.25) is 0 Å². The summed E-state index contributed by atoms with van der Waals surface area (Å²) in [5.41, 5.74) is 1.52. The molecule has 0 saturated heterocycles. The van der Waals surface area contributed by atoms with Crippen molar-refractivity contribution >= 4 is 35.7 Å². The zero-order valence-electron chi connectivity index (χ0n) is 8.55. The molecule has 0 amide bonds. The van der Waals surface area contributed by atoms with Crippen LogP contribution in [-0.4, -0.2) is 18.0 Å². The van der Waals surface area contributed by atoms with Crippen LogP contribution < -0.4 is 0 Å². The van der Waals surface area contributed by atoms with E-state index in [2.05, 4.69) is 20.9 Å². The SMILES string of the molecule is O=S(=O)(Cl)Cc1ccc(-n2ccnc2)c(Br)c1. The number of hydrogen-bond acceptors (Lipinski definition) is 3. The maximum absolute atomic E-state index is 11.0. The molecule has 7 heteroatoms. The number of nitrogens with zero attached hydrogens (tertiary/aromatic N) is 2. The maximum Gasteiger partial charge on any atom is 0.236 e. The average Bonchev–Trinajstić information content (AvgIpc) is 2.68. The van der Waals surface area contributed by atoms with Gasteiger partial charge in [-0.1, -0.05) is 6.07 Å². The van der Waals surface area contributed by atoms with Crippen LogP contribution in [0.5, 0.6) is 0 Å². The van der Waals surface area contributed by atoms with E-state index in [0.717, 1.165) is 10.2 Å². The molecule has 0 atom stereocenters. The fourth-order valence-corrected chi connectivity index (χ4v) is 3.04. The Labute approximate surface area is 112 Å². The van der Waals surface area contributed by atoms with Gasteiger partial charge >= 0.3 is 0 Å². The molecule has 2 aromatic rings. The summed E-state index contributed by atoms with van der Waals surface area (Å²) < 4.78 is 24.5. The minimum atomic E-state index is -3.53. The van der Waals surface area contributed by atoms with Crippen molar-refractivity contribution in [2.45, 2.75) is 5.75 Å². The Hall–Kier alpha value is -0.850. The van der Waals surface area contributed by atoms with E-state index in [4.69, 9.17) is 10.7 Å². The first kappa shape index (κ1) is 12.6. The van der Waals surface area contributed by atoms with Gasteiger partial charge in [0.05, 0.1) is 17.8 Å². The molecule has 0 bridgehead atoms. The Morgan fingerprint density at radius 3 is 2.71 bits per heavy atom. The van der Waals surface area contributed by atoms with Crippen LogP contribution in [0.2, 0.25) is 0 Å². The van der Waals surface area contributed by atoms with Crippen LogP contribution in [0.15, 0.2) is 41.4 Å². The second-order valence-corrected chi connectivity index (χ2v) is 7.07. The monoisotopic (exact) mass is 334 g/mol. The molecule has 0 radical (unpaired) electrons. The minimum absolute atomic E-state index is 0.183. The molecule has 1 aromatic carbocycles. The number of benzene rings is 1. The van der Waals surface area contributed by atoms with E-state index >= 15 is 0 Å². The molecule has 0 fully saturated rings. The van der Waals surface area contributed by atoms with Crippen molar-refractivity contribution in [3.63, 3.8) is 0 Å². The Balaban J connectivity index is 2.36. The second-order valence-electron chi connectivity index (χ2n) is 3.44. The first-order chi connectivity index (χ1) is 7.96. The fourth-order valence-electron chi connectivity index (χ4n) is 1.45. The van der Waals surface area contributed by atoms with E-state index in [1.807, 2.05) is 10.6 Å². The third-order valence-electron chi connectivity index (χ3n) is 2.13. The molecule has 0 aliphatic rings. The summed E-state index contributed by atoms with van der Waals surface area (Å²) in [4.78, 5) is 3.95. The lowest BCUT2D eigenvalue weighted by Crippen LogP contribution is -1.97. The zero-order chi connectivity index (χ0) is 12.5. The Morgan fingerprint density at radius 1 is 1.41 bits per heavy atom. The molecule has 90 valence electrons. The topological polar surface area (TPSA) is 52.0 Å². The number of aromatic nitrogens is 2. The highest BCUT2D eigenvalue weighted by atomic mass is 79.9. The number of halogens is 2. The van der Waals surface area contributed by atoms with Gasteiger partial charge in [0.25, 0.3) is 0 Å². The number of hydrogen-bond donors (Lipinski definition) is 0. The molecule has 17 heavy (non-hydrogen) atoms. The van der Waals surface area contributed by atoms with Gasteiger partial charge in [-0.05, 0) is 33.6 Å². The van der Waals surface area contributed by atoms with E-state index in [-0.39, 0.29) is 5.75 Å². The van der Waals surface area contributed by atoms with Crippen molar-refractivity contribution in [2.75, 3.05) is 0 Å². The molecule has 0 spiro atoms. The van der Waals surface area contributed by atoms with Crippen LogP contribution in [0, 0.1) is 0 Å². The van der Waals surface area contributed by atoms with Crippen LogP contribution in [-0.2, 0) is 14.8 Å². The quantitative estimate of drug-likeness (QED) is 0.810. The summed E-state index contributed by atoms with van der Waals surface area (Å²) in [5, 5.41) is 0. The largest absolute Gasteiger partial charge is 0.305 e. The van der Waals surface area contributed by atoms with Crippen molar-refractivity contribution in [1.82, 2.24) is 9.55 Å². The van der Waals surface area contributed by atoms with Gasteiger partial charge in [0.1, 0.15) is 0 Å². The maximum atomic E-state index is 11.0. The van der Waals surface area contributed by atoms with Crippen molar-refractivity contribution in [1.29, 1.82) is 0 Å². The van der Waals surface area contributed by atoms with Gasteiger partial charge in [-0.2, -0.15) is 0 Å². The Bertz CT molecular complexity index is 626. The predicted molar refractivity (Wildman–Crippen MR) is 69.7 cm³/mol. The Kier molecular flexibility index (Phi) is 3.56. The normalized spacial score (nSPS) is 11.6. The smallest absolute Gasteiger partial charge is 0.236 e. The van der Waals surface area contributed by atoms with E-state index in [1.54, 1.807) is 30.9 Å². The molecule has 0 N–H and O–H groups in total. The highest BCUT2D eigenvalue weighted by molar-refractivity contribution is 9.10. The summed E-state index contributed by atoms with van der Waals surface area (Å²) in [6.07, 6.45) is 5.14.